The number of benzene rings is 2. The molecule has 2 nitrogen and oxygen atoms in total. The number of rotatable bonds is 2. The van der Waals surface area contributed by atoms with Crippen LogP contribution in [-0.4, -0.2) is 9.78 Å². The molecule has 0 aliphatic rings. The van der Waals surface area contributed by atoms with Crippen LogP contribution in [0, 0.1) is 12.3 Å². The Hall–Kier alpha value is -1.95. The smallest absolute Gasteiger partial charge is 0.100 e. The zero-order valence-corrected chi connectivity index (χ0v) is 12.9. The van der Waals surface area contributed by atoms with E-state index in [2.05, 4.69) is 11.0 Å². The zero-order valence-electron chi connectivity index (χ0n) is 11.4. The highest BCUT2D eigenvalue weighted by Gasteiger charge is 2.14. The summed E-state index contributed by atoms with van der Waals surface area (Å²) in [4.78, 5) is 0. The summed E-state index contributed by atoms with van der Waals surface area (Å²) in [5.74, 6) is 2.68. The van der Waals surface area contributed by atoms with Crippen LogP contribution in [0.4, 0.5) is 0 Å². The number of aryl methyl sites for hydroxylation is 1. The first-order valence-electron chi connectivity index (χ1n) is 6.45. The van der Waals surface area contributed by atoms with Crippen LogP contribution in [0.15, 0.2) is 36.4 Å². The highest BCUT2D eigenvalue weighted by atomic mass is 35.5. The van der Waals surface area contributed by atoms with Crippen LogP contribution in [0.2, 0.25) is 10.0 Å². The van der Waals surface area contributed by atoms with Gasteiger partial charge in [0.1, 0.15) is 5.52 Å². The van der Waals surface area contributed by atoms with Crippen molar-refractivity contribution in [3.05, 3.63) is 52.1 Å². The normalized spacial score (nSPS) is 10.8. The molecule has 1 heterocycles. The number of aromatic nitrogens is 2. The molecule has 2 aromatic carbocycles. The molecule has 0 N–H and O–H groups in total. The van der Waals surface area contributed by atoms with Gasteiger partial charge in [0.2, 0.25) is 0 Å². The summed E-state index contributed by atoms with van der Waals surface area (Å²) < 4.78 is 1.83. The maximum absolute atomic E-state index is 6.32. The van der Waals surface area contributed by atoms with Gasteiger partial charge in [-0.05, 0) is 12.1 Å². The maximum atomic E-state index is 6.32. The largest absolute Gasteiger partial charge is 0.270 e. The molecule has 0 saturated heterocycles. The molecule has 0 aliphatic heterocycles. The second-order valence-electron chi connectivity index (χ2n) is 4.78. The summed E-state index contributed by atoms with van der Waals surface area (Å²) in [7, 11) is 1.90. The predicted molar refractivity (Wildman–Crippen MR) is 88.7 cm³/mol. The lowest BCUT2D eigenvalue weighted by atomic mass is 10.0. The molecule has 0 spiro atoms. The van der Waals surface area contributed by atoms with Crippen LogP contribution in [-0.2, 0) is 13.5 Å². The van der Waals surface area contributed by atoms with Crippen LogP contribution >= 0.6 is 23.2 Å². The Morgan fingerprint density at radius 1 is 1.19 bits per heavy atom. The molecule has 0 amide bonds. The third-order valence-corrected chi connectivity index (χ3v) is 4.03. The molecule has 21 heavy (non-hydrogen) atoms. The fraction of sp³-hybridized carbons (Fsp3) is 0.118. The van der Waals surface area contributed by atoms with Gasteiger partial charge in [-0.25, -0.2) is 0 Å². The summed E-state index contributed by atoms with van der Waals surface area (Å²) in [6.45, 7) is 0. The van der Waals surface area contributed by atoms with Crippen molar-refractivity contribution in [2.75, 3.05) is 0 Å². The Kier molecular flexibility index (Phi) is 3.63. The van der Waals surface area contributed by atoms with E-state index in [-0.39, 0.29) is 0 Å². The van der Waals surface area contributed by atoms with E-state index in [0.29, 0.717) is 16.5 Å². The van der Waals surface area contributed by atoms with Gasteiger partial charge >= 0.3 is 0 Å². The van der Waals surface area contributed by atoms with Crippen LogP contribution < -0.4 is 0 Å². The molecule has 0 aliphatic carbocycles. The van der Waals surface area contributed by atoms with Gasteiger partial charge in [0, 0.05) is 33.6 Å². The average Bonchev–Trinajstić information content (AvgIpc) is 2.76. The molecule has 0 radical (unpaired) electrons. The number of hydrogen-bond donors (Lipinski definition) is 0. The van der Waals surface area contributed by atoms with Crippen molar-refractivity contribution >= 4 is 34.1 Å². The van der Waals surface area contributed by atoms with E-state index in [1.807, 2.05) is 42.1 Å². The lowest BCUT2D eigenvalue weighted by molar-refractivity contribution is 0.741. The van der Waals surface area contributed by atoms with E-state index >= 15 is 0 Å². The van der Waals surface area contributed by atoms with Gasteiger partial charge in [-0.15, -0.1) is 12.3 Å². The Morgan fingerprint density at radius 2 is 2.00 bits per heavy atom. The molecule has 1 aromatic heterocycles. The summed E-state index contributed by atoms with van der Waals surface area (Å²) >= 11 is 12.3. The highest BCUT2D eigenvalue weighted by molar-refractivity contribution is 6.36. The fourth-order valence-electron chi connectivity index (χ4n) is 2.50. The molecule has 3 rings (SSSR count). The monoisotopic (exact) mass is 314 g/mol. The number of nitrogens with zero attached hydrogens (tertiary/aromatic N) is 2. The first-order valence-corrected chi connectivity index (χ1v) is 7.21. The average molecular weight is 315 g/mol. The minimum absolute atomic E-state index is 0.546. The van der Waals surface area contributed by atoms with E-state index in [1.54, 1.807) is 6.07 Å². The molecule has 0 bridgehead atoms. The standard InChI is InChI=1S/C17H12Cl2N2/c1-3-5-16-14-7-4-6-13(17(14)20-21(16)2)12-9-8-11(18)10-15(12)19/h1,4,6-10H,5H2,2H3. The molecular formula is C17H12Cl2N2. The third kappa shape index (κ3) is 2.40. The lowest BCUT2D eigenvalue weighted by Gasteiger charge is -2.06. The van der Waals surface area contributed by atoms with Crippen molar-refractivity contribution in [2.45, 2.75) is 6.42 Å². The van der Waals surface area contributed by atoms with E-state index in [1.165, 1.54) is 0 Å². The van der Waals surface area contributed by atoms with E-state index in [4.69, 9.17) is 29.6 Å². The molecule has 0 saturated carbocycles. The molecular weight excluding hydrogens is 303 g/mol. The minimum atomic E-state index is 0.546. The van der Waals surface area contributed by atoms with Gasteiger partial charge in [-0.3, -0.25) is 4.68 Å². The van der Waals surface area contributed by atoms with E-state index < -0.39 is 0 Å². The second kappa shape index (κ2) is 5.44. The quantitative estimate of drug-likeness (QED) is 0.626. The van der Waals surface area contributed by atoms with Gasteiger partial charge in [0.05, 0.1) is 12.1 Å². The summed E-state index contributed by atoms with van der Waals surface area (Å²) in [5, 5.41) is 6.88. The van der Waals surface area contributed by atoms with E-state index in [9.17, 15) is 0 Å². The van der Waals surface area contributed by atoms with Crippen LogP contribution in [0.5, 0.6) is 0 Å². The Bertz CT molecular complexity index is 872. The third-order valence-electron chi connectivity index (χ3n) is 3.48. The van der Waals surface area contributed by atoms with Crippen LogP contribution in [0.3, 0.4) is 0 Å². The lowest BCUT2D eigenvalue weighted by Crippen LogP contribution is -1.96. The zero-order chi connectivity index (χ0) is 15.0. The fourth-order valence-corrected chi connectivity index (χ4v) is 3.01. The first kappa shape index (κ1) is 14.0. The first-order chi connectivity index (χ1) is 10.1. The minimum Gasteiger partial charge on any atom is -0.270 e. The Labute approximate surface area is 133 Å². The molecule has 0 unspecified atom stereocenters. The second-order valence-corrected chi connectivity index (χ2v) is 5.62. The Balaban J connectivity index is 2.29. The van der Waals surface area contributed by atoms with Gasteiger partial charge in [-0.1, -0.05) is 47.5 Å². The van der Waals surface area contributed by atoms with Crippen molar-refractivity contribution in [2.24, 2.45) is 7.05 Å². The summed E-state index contributed by atoms with van der Waals surface area (Å²) in [6.07, 6.45) is 5.99. The van der Waals surface area contributed by atoms with Crippen molar-refractivity contribution in [3.8, 4) is 23.5 Å². The van der Waals surface area contributed by atoms with Crippen molar-refractivity contribution in [1.82, 2.24) is 9.78 Å². The van der Waals surface area contributed by atoms with Gasteiger partial charge < -0.3 is 0 Å². The summed E-state index contributed by atoms with van der Waals surface area (Å²) in [5.41, 5.74) is 3.82. The maximum Gasteiger partial charge on any atom is 0.100 e. The number of fused-ring (bicyclic) bond motifs is 1. The van der Waals surface area contributed by atoms with Gasteiger partial charge in [-0.2, -0.15) is 5.10 Å². The van der Waals surface area contributed by atoms with Gasteiger partial charge in [0.15, 0.2) is 0 Å². The van der Waals surface area contributed by atoms with Crippen LogP contribution in [0.25, 0.3) is 22.0 Å². The molecule has 4 heteroatoms. The number of hydrogen-bond acceptors (Lipinski definition) is 1. The molecule has 0 atom stereocenters. The molecule has 0 fully saturated rings. The van der Waals surface area contributed by atoms with Crippen molar-refractivity contribution in [1.29, 1.82) is 0 Å². The topological polar surface area (TPSA) is 17.8 Å². The van der Waals surface area contributed by atoms with Gasteiger partial charge in [0.25, 0.3) is 0 Å². The molecule has 104 valence electrons. The van der Waals surface area contributed by atoms with E-state index in [0.717, 1.165) is 27.7 Å². The van der Waals surface area contributed by atoms with Crippen LogP contribution in [0.1, 0.15) is 5.69 Å². The number of halogens is 2. The highest BCUT2D eigenvalue weighted by Crippen LogP contribution is 2.35. The summed E-state index contributed by atoms with van der Waals surface area (Å²) in [6, 6.07) is 11.5. The SMILES string of the molecule is C#CCc1c2cccc(-c3ccc(Cl)cc3Cl)c2nn1C. The van der Waals surface area contributed by atoms with Crippen molar-refractivity contribution < 1.29 is 0 Å². The predicted octanol–water partition coefficient (Wildman–Crippen LogP) is 4.72. The number of terminal acetylenes is 1. The molecule has 3 aromatic rings. The van der Waals surface area contributed by atoms with Crippen molar-refractivity contribution in [3.63, 3.8) is 0 Å². The Morgan fingerprint density at radius 3 is 2.71 bits per heavy atom.